The van der Waals surface area contributed by atoms with Gasteiger partial charge in [0.2, 0.25) is 5.91 Å². The fourth-order valence-electron chi connectivity index (χ4n) is 0.512. The molecule has 0 aromatic carbocycles. The summed E-state index contributed by atoms with van der Waals surface area (Å²) in [6, 6.07) is 0. The first-order chi connectivity index (χ1) is 4.66. The maximum atomic E-state index is 10.6. The molecule has 68 valence electrons. The van der Waals surface area contributed by atoms with Gasteiger partial charge in [-0.2, -0.15) is 0 Å². The highest BCUT2D eigenvalue weighted by atomic mass is 16.5. The smallest absolute Gasteiger partial charge is 0.222 e. The molecule has 1 amide bonds. The van der Waals surface area contributed by atoms with E-state index < -0.39 is 0 Å². The molecule has 0 aromatic heterocycles. The van der Waals surface area contributed by atoms with Gasteiger partial charge in [0, 0.05) is 13.5 Å². The summed E-state index contributed by atoms with van der Waals surface area (Å²) in [5.41, 5.74) is 0. The van der Waals surface area contributed by atoms with E-state index in [0.29, 0.717) is 13.0 Å². The molecular formula is C8H19NO2. The van der Waals surface area contributed by atoms with Gasteiger partial charge in [-0.1, -0.05) is 7.43 Å². The van der Waals surface area contributed by atoms with Gasteiger partial charge in [-0.25, -0.2) is 0 Å². The number of amides is 1. The zero-order valence-corrected chi connectivity index (χ0v) is 6.81. The molecule has 0 radical (unpaired) electrons. The summed E-state index contributed by atoms with van der Waals surface area (Å²) in [5.74, 6) is 0.0284. The molecular weight excluding hydrogens is 142 g/mol. The van der Waals surface area contributed by atoms with Crippen LogP contribution in [-0.2, 0) is 9.53 Å². The van der Waals surface area contributed by atoms with Crippen molar-refractivity contribution < 1.29 is 9.53 Å². The van der Waals surface area contributed by atoms with Gasteiger partial charge in [0.15, 0.2) is 0 Å². The van der Waals surface area contributed by atoms with Gasteiger partial charge in [-0.05, 0) is 13.8 Å². The van der Waals surface area contributed by atoms with E-state index in [0.717, 1.165) is 0 Å². The summed E-state index contributed by atoms with van der Waals surface area (Å²) in [6.07, 6.45) is 0.666. The van der Waals surface area contributed by atoms with Gasteiger partial charge >= 0.3 is 0 Å². The Kier molecular flexibility index (Phi) is 8.94. The third kappa shape index (κ3) is 9.43. The molecule has 0 atom stereocenters. The molecule has 0 rings (SSSR count). The van der Waals surface area contributed by atoms with E-state index >= 15 is 0 Å². The minimum absolute atomic E-state index is 0. The summed E-state index contributed by atoms with van der Waals surface area (Å²) >= 11 is 0. The van der Waals surface area contributed by atoms with E-state index in [-0.39, 0.29) is 19.4 Å². The SMILES string of the molecule is C.CNC(=O)CCOC(C)C. The van der Waals surface area contributed by atoms with Crippen LogP contribution in [0.2, 0.25) is 0 Å². The number of carbonyl (C=O) groups is 1. The van der Waals surface area contributed by atoms with E-state index in [2.05, 4.69) is 5.32 Å². The molecule has 0 fully saturated rings. The molecule has 3 heteroatoms. The topological polar surface area (TPSA) is 38.3 Å². The third-order valence-corrected chi connectivity index (χ3v) is 1.06. The highest BCUT2D eigenvalue weighted by Crippen LogP contribution is 1.89. The van der Waals surface area contributed by atoms with Crippen LogP contribution in [0.15, 0.2) is 0 Å². The van der Waals surface area contributed by atoms with Gasteiger partial charge < -0.3 is 10.1 Å². The lowest BCUT2D eigenvalue weighted by Gasteiger charge is -2.05. The molecule has 0 unspecified atom stereocenters. The minimum Gasteiger partial charge on any atom is -0.378 e. The Bertz CT molecular complexity index is 102. The van der Waals surface area contributed by atoms with Crippen molar-refractivity contribution in [3.63, 3.8) is 0 Å². The Balaban J connectivity index is 0. The molecule has 3 nitrogen and oxygen atoms in total. The first-order valence-electron chi connectivity index (χ1n) is 3.49. The first-order valence-corrected chi connectivity index (χ1v) is 3.49. The van der Waals surface area contributed by atoms with Gasteiger partial charge in [-0.3, -0.25) is 4.79 Å². The molecule has 0 aliphatic carbocycles. The lowest BCUT2D eigenvalue weighted by atomic mass is 10.4. The Morgan fingerprint density at radius 1 is 1.55 bits per heavy atom. The molecule has 0 spiro atoms. The van der Waals surface area contributed by atoms with Crippen LogP contribution >= 0.6 is 0 Å². The monoisotopic (exact) mass is 161 g/mol. The van der Waals surface area contributed by atoms with E-state index in [9.17, 15) is 4.79 Å². The summed E-state index contributed by atoms with van der Waals surface area (Å²) in [6.45, 7) is 4.41. The van der Waals surface area contributed by atoms with Crippen molar-refractivity contribution in [3.8, 4) is 0 Å². The maximum Gasteiger partial charge on any atom is 0.222 e. The largest absolute Gasteiger partial charge is 0.378 e. The van der Waals surface area contributed by atoms with Crippen molar-refractivity contribution in [2.45, 2.75) is 33.8 Å². The van der Waals surface area contributed by atoms with Crippen LogP contribution in [-0.4, -0.2) is 25.7 Å². The predicted octanol–water partition coefficient (Wildman–Crippen LogP) is 1.18. The number of rotatable bonds is 4. The number of nitrogens with one attached hydrogen (secondary N) is 1. The van der Waals surface area contributed by atoms with Crippen LogP contribution < -0.4 is 5.32 Å². The quantitative estimate of drug-likeness (QED) is 0.672. The molecule has 11 heavy (non-hydrogen) atoms. The van der Waals surface area contributed by atoms with Gasteiger partial charge in [0.1, 0.15) is 0 Å². The van der Waals surface area contributed by atoms with Crippen LogP contribution in [0.5, 0.6) is 0 Å². The Morgan fingerprint density at radius 2 is 2.09 bits per heavy atom. The van der Waals surface area contributed by atoms with E-state index in [1.807, 2.05) is 13.8 Å². The molecule has 0 saturated heterocycles. The van der Waals surface area contributed by atoms with Crippen molar-refractivity contribution in [2.75, 3.05) is 13.7 Å². The number of carbonyl (C=O) groups excluding carboxylic acids is 1. The van der Waals surface area contributed by atoms with Crippen LogP contribution in [0.25, 0.3) is 0 Å². The van der Waals surface area contributed by atoms with E-state index in [4.69, 9.17) is 4.74 Å². The van der Waals surface area contributed by atoms with Crippen LogP contribution in [0.4, 0.5) is 0 Å². The van der Waals surface area contributed by atoms with Crippen LogP contribution in [0.3, 0.4) is 0 Å². The van der Waals surface area contributed by atoms with Crippen LogP contribution in [0, 0.1) is 0 Å². The number of hydrogen-bond acceptors (Lipinski definition) is 2. The highest BCUT2D eigenvalue weighted by Gasteiger charge is 1.97. The Labute approximate surface area is 69.1 Å². The average Bonchev–Trinajstić information content (AvgIpc) is 1.87. The van der Waals surface area contributed by atoms with Crippen molar-refractivity contribution in [1.82, 2.24) is 5.32 Å². The minimum atomic E-state index is 0. The van der Waals surface area contributed by atoms with Gasteiger partial charge in [0.05, 0.1) is 12.7 Å². The van der Waals surface area contributed by atoms with Gasteiger partial charge in [0.25, 0.3) is 0 Å². The first kappa shape index (κ1) is 13.1. The Hall–Kier alpha value is -0.570. The second-order valence-electron chi connectivity index (χ2n) is 2.34. The van der Waals surface area contributed by atoms with Crippen molar-refractivity contribution >= 4 is 5.91 Å². The molecule has 0 aliphatic heterocycles. The molecule has 0 aliphatic rings. The Morgan fingerprint density at radius 3 is 2.45 bits per heavy atom. The highest BCUT2D eigenvalue weighted by molar-refractivity contribution is 5.75. The zero-order valence-electron chi connectivity index (χ0n) is 6.81. The molecule has 1 N–H and O–H groups in total. The number of ether oxygens (including phenoxy) is 1. The average molecular weight is 161 g/mol. The normalized spacial score (nSPS) is 9.09. The van der Waals surface area contributed by atoms with E-state index in [1.165, 1.54) is 0 Å². The second-order valence-corrected chi connectivity index (χ2v) is 2.34. The van der Waals surface area contributed by atoms with Crippen molar-refractivity contribution in [2.24, 2.45) is 0 Å². The molecule has 0 bridgehead atoms. The fraction of sp³-hybridized carbons (Fsp3) is 0.875. The second kappa shape index (κ2) is 7.54. The zero-order chi connectivity index (χ0) is 7.98. The molecule has 0 heterocycles. The summed E-state index contributed by atoms with van der Waals surface area (Å²) in [7, 11) is 1.62. The van der Waals surface area contributed by atoms with E-state index in [1.54, 1.807) is 7.05 Å². The lowest BCUT2D eigenvalue weighted by molar-refractivity contribution is -0.121. The summed E-state index contributed by atoms with van der Waals surface area (Å²) < 4.78 is 5.15. The molecule has 0 aromatic rings. The maximum absolute atomic E-state index is 10.6. The van der Waals surface area contributed by atoms with Crippen molar-refractivity contribution in [3.05, 3.63) is 0 Å². The summed E-state index contributed by atoms with van der Waals surface area (Å²) in [5, 5.41) is 2.52. The predicted molar refractivity (Wildman–Crippen MR) is 46.5 cm³/mol. The third-order valence-electron chi connectivity index (χ3n) is 1.06. The lowest BCUT2D eigenvalue weighted by Crippen LogP contribution is -2.20. The van der Waals surface area contributed by atoms with Crippen LogP contribution in [0.1, 0.15) is 27.7 Å². The van der Waals surface area contributed by atoms with Gasteiger partial charge in [-0.15, -0.1) is 0 Å². The number of hydrogen-bond donors (Lipinski definition) is 1. The summed E-state index contributed by atoms with van der Waals surface area (Å²) in [4.78, 5) is 10.6. The molecule has 0 saturated carbocycles. The standard InChI is InChI=1S/C7H15NO2.CH4/c1-6(2)10-5-4-7(9)8-3;/h6H,4-5H2,1-3H3,(H,8,9);1H4. The van der Waals surface area contributed by atoms with Crippen molar-refractivity contribution in [1.29, 1.82) is 0 Å². The fourth-order valence-corrected chi connectivity index (χ4v) is 0.512.